The highest BCUT2D eigenvalue weighted by molar-refractivity contribution is 9.10. The van der Waals surface area contributed by atoms with Crippen LogP contribution in [0.3, 0.4) is 0 Å². The minimum Gasteiger partial charge on any atom is -0.496 e. The molecule has 0 aliphatic heterocycles. The van der Waals surface area contributed by atoms with E-state index in [2.05, 4.69) is 21.2 Å². The number of methoxy groups -OCH3 is 3. The molecular weight excluding hydrogens is 545 g/mol. The number of ether oxygens (including phenoxy) is 3. The molecule has 0 unspecified atom stereocenters. The molecule has 0 aliphatic rings. The minimum atomic E-state index is -0.949. The van der Waals surface area contributed by atoms with E-state index >= 15 is 0 Å². The third-order valence-corrected chi connectivity index (χ3v) is 6.77. The number of carbonyl (C=O) groups is 2. The first kappa shape index (κ1) is 25.9. The first-order valence-corrected chi connectivity index (χ1v) is 11.7. The van der Waals surface area contributed by atoms with Crippen molar-refractivity contribution in [3.8, 4) is 22.6 Å². The summed E-state index contributed by atoms with van der Waals surface area (Å²) in [5.41, 5.74) is 2.57. The average molecular weight is 567 g/mol. The number of hydrogen-bond donors (Lipinski definition) is 1. The molecular formula is C25H22BrCl2NO5. The first-order chi connectivity index (χ1) is 16.3. The second-order valence-corrected chi connectivity index (χ2v) is 8.85. The van der Waals surface area contributed by atoms with Gasteiger partial charge in [-0.15, -0.1) is 0 Å². The molecule has 0 heterocycles. The average Bonchev–Trinajstić information content (AvgIpc) is 2.85. The quantitative estimate of drug-likeness (QED) is 0.269. The highest BCUT2D eigenvalue weighted by atomic mass is 79.9. The summed E-state index contributed by atoms with van der Waals surface area (Å²) in [5.74, 6) is 0.178. The van der Waals surface area contributed by atoms with Gasteiger partial charge in [-0.3, -0.25) is 4.79 Å². The van der Waals surface area contributed by atoms with Gasteiger partial charge in [-0.1, -0.05) is 53.5 Å². The number of halogens is 3. The Kier molecular flexibility index (Phi) is 8.83. The number of benzene rings is 3. The molecule has 0 saturated heterocycles. The van der Waals surface area contributed by atoms with Crippen molar-refractivity contribution in [3.63, 3.8) is 0 Å². The predicted octanol–water partition coefficient (Wildman–Crippen LogP) is 5.95. The third kappa shape index (κ3) is 5.66. The third-order valence-electron chi connectivity index (χ3n) is 5.17. The van der Waals surface area contributed by atoms with Gasteiger partial charge >= 0.3 is 5.97 Å². The Morgan fingerprint density at radius 1 is 0.941 bits per heavy atom. The van der Waals surface area contributed by atoms with Gasteiger partial charge < -0.3 is 19.5 Å². The van der Waals surface area contributed by atoms with Crippen molar-refractivity contribution >= 4 is 51.0 Å². The lowest BCUT2D eigenvalue weighted by Crippen LogP contribution is -2.43. The van der Waals surface area contributed by atoms with E-state index in [1.54, 1.807) is 26.4 Å². The van der Waals surface area contributed by atoms with E-state index in [1.807, 2.05) is 42.5 Å². The van der Waals surface area contributed by atoms with Crippen LogP contribution >= 0.6 is 39.1 Å². The zero-order valence-electron chi connectivity index (χ0n) is 18.7. The van der Waals surface area contributed by atoms with Crippen molar-refractivity contribution in [2.24, 2.45) is 0 Å². The maximum atomic E-state index is 12.9. The van der Waals surface area contributed by atoms with Gasteiger partial charge in [0.15, 0.2) is 0 Å². The van der Waals surface area contributed by atoms with Crippen molar-refractivity contribution in [2.75, 3.05) is 21.3 Å². The second-order valence-electron chi connectivity index (χ2n) is 7.21. The molecule has 0 bridgehead atoms. The molecule has 0 radical (unpaired) electrons. The van der Waals surface area contributed by atoms with Crippen LogP contribution in [0.25, 0.3) is 11.1 Å². The Hall–Kier alpha value is -2.74. The van der Waals surface area contributed by atoms with Crippen LogP contribution in [0.2, 0.25) is 10.0 Å². The lowest BCUT2D eigenvalue weighted by molar-refractivity contribution is -0.142. The molecule has 0 aromatic heterocycles. The van der Waals surface area contributed by atoms with Gasteiger partial charge in [0.25, 0.3) is 5.91 Å². The van der Waals surface area contributed by atoms with Crippen LogP contribution in [0.4, 0.5) is 0 Å². The number of esters is 1. The van der Waals surface area contributed by atoms with Gasteiger partial charge in [0.2, 0.25) is 0 Å². The topological polar surface area (TPSA) is 73.9 Å². The summed E-state index contributed by atoms with van der Waals surface area (Å²) in [5, 5.41) is 3.01. The summed E-state index contributed by atoms with van der Waals surface area (Å²) in [7, 11) is 4.46. The van der Waals surface area contributed by atoms with Crippen molar-refractivity contribution in [1.82, 2.24) is 5.32 Å². The zero-order chi connectivity index (χ0) is 24.8. The van der Waals surface area contributed by atoms with Crippen molar-refractivity contribution in [3.05, 3.63) is 80.2 Å². The zero-order valence-corrected chi connectivity index (χ0v) is 21.8. The van der Waals surface area contributed by atoms with Crippen LogP contribution in [-0.2, 0) is 16.0 Å². The summed E-state index contributed by atoms with van der Waals surface area (Å²) in [6.45, 7) is 0. The number of carbonyl (C=O) groups excluding carboxylic acids is 2. The molecule has 34 heavy (non-hydrogen) atoms. The molecule has 1 atom stereocenters. The molecule has 1 N–H and O–H groups in total. The lowest BCUT2D eigenvalue weighted by Gasteiger charge is -2.18. The molecule has 6 nitrogen and oxygen atoms in total. The van der Waals surface area contributed by atoms with Crippen LogP contribution in [0.15, 0.2) is 59.1 Å². The Labute approximate surface area is 216 Å². The summed E-state index contributed by atoms with van der Waals surface area (Å²) in [4.78, 5) is 25.3. The molecule has 0 saturated carbocycles. The molecule has 3 rings (SSSR count). The fourth-order valence-electron chi connectivity index (χ4n) is 3.48. The van der Waals surface area contributed by atoms with E-state index in [9.17, 15) is 9.59 Å². The molecule has 3 aromatic carbocycles. The number of hydrogen-bond acceptors (Lipinski definition) is 5. The highest BCUT2D eigenvalue weighted by Gasteiger charge is 2.26. The van der Waals surface area contributed by atoms with Gasteiger partial charge in [-0.25, -0.2) is 4.79 Å². The summed E-state index contributed by atoms with van der Waals surface area (Å²) < 4.78 is 16.4. The predicted molar refractivity (Wildman–Crippen MR) is 136 cm³/mol. The van der Waals surface area contributed by atoms with Crippen LogP contribution < -0.4 is 14.8 Å². The Morgan fingerprint density at radius 3 is 2.12 bits per heavy atom. The lowest BCUT2D eigenvalue weighted by atomic mass is 9.99. The molecule has 0 spiro atoms. The number of rotatable bonds is 8. The minimum absolute atomic E-state index is 0.0743. The summed E-state index contributed by atoms with van der Waals surface area (Å²) in [6.07, 6.45) is 0.199. The SMILES string of the molecule is COC(=O)[C@H](Cc1ccc(-c2c(OC)cccc2OC)cc1)NC(=O)c1c(Cl)ccc(Br)c1Cl. The van der Waals surface area contributed by atoms with Gasteiger partial charge in [0, 0.05) is 10.9 Å². The second kappa shape index (κ2) is 11.6. The van der Waals surface area contributed by atoms with Crippen molar-refractivity contribution in [1.29, 1.82) is 0 Å². The van der Waals surface area contributed by atoms with E-state index in [1.165, 1.54) is 7.11 Å². The van der Waals surface area contributed by atoms with Crippen molar-refractivity contribution < 1.29 is 23.8 Å². The molecule has 0 fully saturated rings. The largest absolute Gasteiger partial charge is 0.496 e. The van der Waals surface area contributed by atoms with E-state index in [0.717, 1.165) is 16.7 Å². The first-order valence-electron chi connectivity index (χ1n) is 10.1. The van der Waals surface area contributed by atoms with E-state index in [0.29, 0.717) is 16.0 Å². The summed E-state index contributed by atoms with van der Waals surface area (Å²) in [6, 6.07) is 15.3. The monoisotopic (exact) mass is 565 g/mol. The normalized spacial score (nSPS) is 11.5. The molecule has 9 heteroatoms. The molecule has 1 amide bonds. The van der Waals surface area contributed by atoms with Gasteiger partial charge in [-0.2, -0.15) is 0 Å². The van der Waals surface area contributed by atoms with Crippen LogP contribution in [-0.4, -0.2) is 39.2 Å². The maximum absolute atomic E-state index is 12.9. The Balaban J connectivity index is 1.86. The smallest absolute Gasteiger partial charge is 0.328 e. The van der Waals surface area contributed by atoms with E-state index in [4.69, 9.17) is 37.4 Å². The molecule has 0 aliphatic carbocycles. The van der Waals surface area contributed by atoms with Crippen LogP contribution in [0.1, 0.15) is 15.9 Å². The van der Waals surface area contributed by atoms with E-state index in [-0.39, 0.29) is 22.0 Å². The molecule has 3 aromatic rings. The van der Waals surface area contributed by atoms with Gasteiger partial charge in [-0.05, 0) is 51.3 Å². The number of nitrogens with one attached hydrogen (secondary N) is 1. The maximum Gasteiger partial charge on any atom is 0.328 e. The van der Waals surface area contributed by atoms with Crippen LogP contribution in [0.5, 0.6) is 11.5 Å². The van der Waals surface area contributed by atoms with Gasteiger partial charge in [0.1, 0.15) is 17.5 Å². The standard InChI is InChI=1S/C25H22BrCl2NO5/c1-32-19-5-4-6-20(33-2)21(19)15-9-7-14(8-10-15)13-18(25(31)34-3)29-24(30)22-17(27)12-11-16(26)23(22)28/h4-12,18H,13H2,1-3H3,(H,29,30)/t18-/m0/s1. The van der Waals surface area contributed by atoms with E-state index < -0.39 is 17.9 Å². The molecule has 178 valence electrons. The number of amides is 1. The van der Waals surface area contributed by atoms with Gasteiger partial charge in [0.05, 0.1) is 42.5 Å². The fourth-order valence-corrected chi connectivity index (χ4v) is 4.35. The van der Waals surface area contributed by atoms with Crippen LogP contribution in [0, 0.1) is 0 Å². The highest BCUT2D eigenvalue weighted by Crippen LogP contribution is 2.38. The fraction of sp³-hybridized carbons (Fsp3) is 0.200. The Bertz CT molecular complexity index is 1180. The summed E-state index contributed by atoms with van der Waals surface area (Å²) >= 11 is 15.7. The Morgan fingerprint density at radius 2 is 1.56 bits per heavy atom. The van der Waals surface area contributed by atoms with Crippen molar-refractivity contribution in [2.45, 2.75) is 12.5 Å².